The van der Waals surface area contributed by atoms with Crippen molar-refractivity contribution >= 4 is 5.91 Å². The monoisotopic (exact) mass is 370 g/mol. The Morgan fingerprint density at radius 1 is 1.04 bits per heavy atom. The van der Waals surface area contributed by atoms with Gasteiger partial charge in [0, 0.05) is 30.7 Å². The van der Waals surface area contributed by atoms with Gasteiger partial charge in [-0.05, 0) is 38.0 Å². The van der Waals surface area contributed by atoms with Crippen molar-refractivity contribution in [3.05, 3.63) is 0 Å². The van der Waals surface area contributed by atoms with Crippen LogP contribution in [-0.4, -0.2) is 36.7 Å². The Balaban J connectivity index is 4.99. The van der Waals surface area contributed by atoms with E-state index in [0.717, 1.165) is 32.3 Å². The average Bonchev–Trinajstić information content (AvgIpc) is 2.54. The lowest BCUT2D eigenvalue weighted by Crippen LogP contribution is -2.51. The molecule has 0 fully saturated rings. The summed E-state index contributed by atoms with van der Waals surface area (Å²) in [5.41, 5.74) is -0.768. The lowest BCUT2D eigenvalue weighted by atomic mass is 9.65. The summed E-state index contributed by atoms with van der Waals surface area (Å²) in [7, 11) is 0. The maximum absolute atomic E-state index is 12.9. The highest BCUT2D eigenvalue weighted by Gasteiger charge is 2.45. The Kier molecular flexibility index (Phi) is 10.4. The second-order valence-electron chi connectivity index (χ2n) is 9.51. The fourth-order valence-electron chi connectivity index (χ4n) is 3.72. The van der Waals surface area contributed by atoms with E-state index in [1.54, 1.807) is 0 Å². The zero-order chi connectivity index (χ0) is 20.6. The summed E-state index contributed by atoms with van der Waals surface area (Å²) in [6, 6.07) is 0.737. The third-order valence-electron chi connectivity index (χ3n) is 5.80. The molecule has 0 rings (SSSR count). The van der Waals surface area contributed by atoms with E-state index >= 15 is 0 Å². The fourth-order valence-corrected chi connectivity index (χ4v) is 3.72. The smallest absolute Gasteiger partial charge is 0.225 e. The second kappa shape index (κ2) is 10.7. The van der Waals surface area contributed by atoms with Gasteiger partial charge in [0.05, 0.1) is 5.60 Å². The van der Waals surface area contributed by atoms with Crippen molar-refractivity contribution in [2.75, 3.05) is 13.2 Å². The summed E-state index contributed by atoms with van der Waals surface area (Å²) in [4.78, 5) is 12.9. The molecule has 0 aromatic heterocycles. The molecule has 0 bridgehead atoms. The molecule has 4 heteroatoms. The van der Waals surface area contributed by atoms with Crippen LogP contribution in [0.25, 0.3) is 0 Å². The summed E-state index contributed by atoms with van der Waals surface area (Å²) in [5, 5.41) is 6.68. The van der Waals surface area contributed by atoms with Gasteiger partial charge in [-0.1, -0.05) is 62.3 Å². The first-order valence-corrected chi connectivity index (χ1v) is 10.5. The molecule has 1 amide bonds. The molecule has 0 spiro atoms. The van der Waals surface area contributed by atoms with Crippen LogP contribution in [0.3, 0.4) is 0 Å². The van der Waals surface area contributed by atoms with Crippen LogP contribution >= 0.6 is 0 Å². The predicted molar refractivity (Wildman–Crippen MR) is 112 cm³/mol. The van der Waals surface area contributed by atoms with Crippen molar-refractivity contribution in [2.45, 2.75) is 113 Å². The minimum Gasteiger partial charge on any atom is -0.375 e. The molecule has 2 N–H and O–H groups in total. The van der Waals surface area contributed by atoms with Crippen molar-refractivity contribution < 1.29 is 9.53 Å². The third kappa shape index (κ3) is 7.56. The van der Waals surface area contributed by atoms with Crippen LogP contribution in [0, 0.1) is 10.8 Å². The van der Waals surface area contributed by atoms with Gasteiger partial charge in [0.25, 0.3) is 0 Å². The van der Waals surface area contributed by atoms with Gasteiger partial charge >= 0.3 is 0 Å². The van der Waals surface area contributed by atoms with Crippen molar-refractivity contribution in [1.82, 2.24) is 10.6 Å². The lowest BCUT2D eigenvalue weighted by Gasteiger charge is -2.47. The maximum atomic E-state index is 12.9. The third-order valence-corrected chi connectivity index (χ3v) is 5.80. The van der Waals surface area contributed by atoms with Crippen LogP contribution in [0.4, 0.5) is 0 Å². The maximum Gasteiger partial charge on any atom is 0.225 e. The number of nitrogens with one attached hydrogen (secondary N) is 2. The number of carbonyl (C=O) groups excluding carboxylic acids is 1. The Labute approximate surface area is 163 Å². The highest BCUT2D eigenvalue weighted by molar-refractivity contribution is 5.81. The predicted octanol–water partition coefficient (Wildman–Crippen LogP) is 4.92. The van der Waals surface area contributed by atoms with Crippen LogP contribution in [-0.2, 0) is 9.53 Å². The van der Waals surface area contributed by atoms with Crippen LogP contribution in [0.2, 0.25) is 0 Å². The minimum atomic E-state index is -0.439. The van der Waals surface area contributed by atoms with Crippen molar-refractivity contribution in [2.24, 2.45) is 10.8 Å². The first kappa shape index (κ1) is 25.4. The molecular weight excluding hydrogens is 324 g/mol. The Bertz CT molecular complexity index is 418. The van der Waals surface area contributed by atoms with Gasteiger partial charge in [-0.25, -0.2) is 0 Å². The summed E-state index contributed by atoms with van der Waals surface area (Å²) in [6.45, 7) is 22.9. The van der Waals surface area contributed by atoms with E-state index < -0.39 is 5.41 Å². The van der Waals surface area contributed by atoms with Gasteiger partial charge in [0.1, 0.15) is 0 Å². The zero-order valence-corrected chi connectivity index (χ0v) is 19.2. The van der Waals surface area contributed by atoms with E-state index in [1.807, 2.05) is 0 Å². The molecule has 2 unspecified atom stereocenters. The molecule has 2 atom stereocenters. The molecule has 0 saturated carbocycles. The van der Waals surface area contributed by atoms with Gasteiger partial charge < -0.3 is 15.4 Å². The van der Waals surface area contributed by atoms with Crippen molar-refractivity contribution in [3.8, 4) is 0 Å². The lowest BCUT2D eigenvalue weighted by molar-refractivity contribution is -0.143. The first-order valence-electron chi connectivity index (χ1n) is 10.5. The van der Waals surface area contributed by atoms with E-state index in [0.29, 0.717) is 18.6 Å². The molecule has 0 radical (unpaired) electrons. The Morgan fingerprint density at radius 2 is 1.62 bits per heavy atom. The Hall–Kier alpha value is -0.610. The largest absolute Gasteiger partial charge is 0.375 e. The second-order valence-corrected chi connectivity index (χ2v) is 9.51. The molecule has 0 aliphatic rings. The highest BCUT2D eigenvalue weighted by Crippen LogP contribution is 2.45. The van der Waals surface area contributed by atoms with Crippen molar-refractivity contribution in [1.29, 1.82) is 0 Å². The molecule has 0 aromatic carbocycles. The minimum absolute atomic E-state index is 0.0991. The molecule has 156 valence electrons. The number of hydrogen-bond acceptors (Lipinski definition) is 3. The van der Waals surface area contributed by atoms with Crippen LogP contribution in [0.1, 0.15) is 94.9 Å². The van der Waals surface area contributed by atoms with E-state index in [1.165, 1.54) is 0 Å². The molecular formula is C22H46N2O2. The number of amides is 1. The number of ether oxygens (including phenoxy) is 1. The average molecular weight is 371 g/mol. The molecule has 0 heterocycles. The summed E-state index contributed by atoms with van der Waals surface area (Å²) < 4.78 is 6.24. The highest BCUT2D eigenvalue weighted by atomic mass is 16.5. The molecule has 26 heavy (non-hydrogen) atoms. The van der Waals surface area contributed by atoms with Gasteiger partial charge in [0.15, 0.2) is 0 Å². The summed E-state index contributed by atoms with van der Waals surface area (Å²) >= 11 is 0. The van der Waals surface area contributed by atoms with E-state index in [9.17, 15) is 4.79 Å². The molecule has 4 nitrogen and oxygen atoms in total. The van der Waals surface area contributed by atoms with Crippen LogP contribution < -0.4 is 10.6 Å². The van der Waals surface area contributed by atoms with Gasteiger partial charge in [-0.15, -0.1) is 0 Å². The zero-order valence-electron chi connectivity index (χ0n) is 19.2. The molecule has 0 aliphatic carbocycles. The normalized spacial score (nSPS) is 16.4. The standard InChI is InChI=1S/C22H46N2O2/c1-11-14-26-22(10,13-3)21(8,9)16-20(6,7)19(25)23-15-18(12-2)24-17(4)5/h17-18,24H,11-16H2,1-10H3,(H,23,25). The van der Waals surface area contributed by atoms with Crippen LogP contribution in [0.15, 0.2) is 0 Å². The van der Waals surface area contributed by atoms with Gasteiger partial charge in [-0.2, -0.15) is 0 Å². The summed E-state index contributed by atoms with van der Waals surface area (Å²) in [5.74, 6) is 0.128. The summed E-state index contributed by atoms with van der Waals surface area (Å²) in [6.07, 6.45) is 3.74. The molecule has 0 saturated heterocycles. The number of rotatable bonds is 13. The number of hydrogen-bond donors (Lipinski definition) is 2. The SMILES string of the molecule is CCCOC(C)(CC)C(C)(C)CC(C)(C)C(=O)NCC(CC)NC(C)C. The molecule has 0 aliphatic heterocycles. The fraction of sp³-hybridized carbons (Fsp3) is 0.955. The first-order chi connectivity index (χ1) is 11.8. The van der Waals surface area contributed by atoms with Gasteiger partial charge in [0.2, 0.25) is 5.91 Å². The van der Waals surface area contributed by atoms with Gasteiger partial charge in [-0.3, -0.25) is 4.79 Å². The van der Waals surface area contributed by atoms with E-state index in [4.69, 9.17) is 4.74 Å². The van der Waals surface area contributed by atoms with Crippen molar-refractivity contribution in [3.63, 3.8) is 0 Å². The Morgan fingerprint density at radius 3 is 2.04 bits per heavy atom. The topological polar surface area (TPSA) is 50.4 Å². The van der Waals surface area contributed by atoms with E-state index in [-0.39, 0.29) is 16.9 Å². The number of carbonyl (C=O) groups is 1. The quantitative estimate of drug-likeness (QED) is 0.484. The van der Waals surface area contributed by atoms with Crippen LogP contribution in [0.5, 0.6) is 0 Å². The van der Waals surface area contributed by atoms with E-state index in [2.05, 4.69) is 79.9 Å². The molecule has 0 aromatic rings.